The second-order valence-electron chi connectivity index (χ2n) is 3.88. The number of nitrogens with zero attached hydrogens (tertiary/aromatic N) is 1. The first-order chi connectivity index (χ1) is 9.51. The number of amides is 1. The van der Waals surface area contributed by atoms with Crippen molar-refractivity contribution in [3.63, 3.8) is 0 Å². The summed E-state index contributed by atoms with van der Waals surface area (Å²) >= 11 is 8.97. The van der Waals surface area contributed by atoms with E-state index in [9.17, 15) is 9.18 Å². The highest BCUT2D eigenvalue weighted by Gasteiger charge is 2.14. The van der Waals surface area contributed by atoms with Gasteiger partial charge in [0.2, 0.25) is 0 Å². The van der Waals surface area contributed by atoms with Gasteiger partial charge in [0, 0.05) is 9.50 Å². The molecule has 0 aliphatic heterocycles. The average molecular weight is 354 g/mol. The van der Waals surface area contributed by atoms with Crippen LogP contribution in [-0.4, -0.2) is 5.91 Å². The summed E-state index contributed by atoms with van der Waals surface area (Å²) in [6.45, 7) is 0. The Bertz CT molecular complexity index is 728. The van der Waals surface area contributed by atoms with Crippen molar-refractivity contribution in [2.24, 2.45) is 0 Å². The summed E-state index contributed by atoms with van der Waals surface area (Å²) < 4.78 is 14.3. The van der Waals surface area contributed by atoms with E-state index in [0.29, 0.717) is 10.2 Å². The summed E-state index contributed by atoms with van der Waals surface area (Å²) in [6, 6.07) is 10.4. The highest BCUT2D eigenvalue weighted by molar-refractivity contribution is 9.10. The van der Waals surface area contributed by atoms with E-state index in [1.165, 1.54) is 12.1 Å². The standard InChI is InChI=1S/C14H7BrClFN2O/c15-9-1-4-13(8(5-9)7-18)19-14(20)11-6-10(16)2-3-12(11)17/h1-6H,(H,19,20). The van der Waals surface area contributed by atoms with Crippen molar-refractivity contribution in [2.45, 2.75) is 0 Å². The van der Waals surface area contributed by atoms with Crippen molar-refractivity contribution in [1.82, 2.24) is 0 Å². The molecule has 0 bridgehead atoms. The lowest BCUT2D eigenvalue weighted by Crippen LogP contribution is -2.14. The van der Waals surface area contributed by atoms with Crippen LogP contribution in [0, 0.1) is 17.1 Å². The molecule has 0 spiro atoms. The zero-order valence-corrected chi connectivity index (χ0v) is 12.3. The van der Waals surface area contributed by atoms with Crippen LogP contribution in [0.2, 0.25) is 5.02 Å². The number of anilines is 1. The lowest BCUT2D eigenvalue weighted by molar-refractivity contribution is 0.102. The van der Waals surface area contributed by atoms with Crippen LogP contribution >= 0.6 is 27.5 Å². The third kappa shape index (κ3) is 3.16. The molecule has 0 saturated carbocycles. The molecule has 0 saturated heterocycles. The van der Waals surface area contributed by atoms with E-state index < -0.39 is 11.7 Å². The third-order valence-electron chi connectivity index (χ3n) is 2.52. The number of hydrogen-bond donors (Lipinski definition) is 1. The van der Waals surface area contributed by atoms with Crippen molar-refractivity contribution < 1.29 is 9.18 Å². The van der Waals surface area contributed by atoms with Crippen LogP contribution in [0.4, 0.5) is 10.1 Å². The van der Waals surface area contributed by atoms with E-state index in [1.54, 1.807) is 18.2 Å². The fourth-order valence-corrected chi connectivity index (χ4v) is 2.11. The van der Waals surface area contributed by atoms with Gasteiger partial charge in [-0.15, -0.1) is 0 Å². The van der Waals surface area contributed by atoms with Crippen molar-refractivity contribution in [2.75, 3.05) is 5.32 Å². The third-order valence-corrected chi connectivity index (χ3v) is 3.25. The molecule has 0 aliphatic rings. The van der Waals surface area contributed by atoms with Crippen LogP contribution in [-0.2, 0) is 0 Å². The first-order valence-electron chi connectivity index (χ1n) is 5.47. The second-order valence-corrected chi connectivity index (χ2v) is 5.23. The van der Waals surface area contributed by atoms with Gasteiger partial charge in [0.05, 0.1) is 16.8 Å². The Morgan fingerprint density at radius 3 is 2.75 bits per heavy atom. The number of nitriles is 1. The van der Waals surface area contributed by atoms with E-state index in [0.717, 1.165) is 6.07 Å². The van der Waals surface area contributed by atoms with Gasteiger partial charge < -0.3 is 5.32 Å². The zero-order valence-electron chi connectivity index (χ0n) is 9.95. The van der Waals surface area contributed by atoms with E-state index >= 15 is 0 Å². The highest BCUT2D eigenvalue weighted by atomic mass is 79.9. The summed E-state index contributed by atoms with van der Waals surface area (Å²) in [6.07, 6.45) is 0. The minimum Gasteiger partial charge on any atom is -0.321 e. The quantitative estimate of drug-likeness (QED) is 0.872. The van der Waals surface area contributed by atoms with E-state index in [1.807, 2.05) is 6.07 Å². The number of nitrogens with one attached hydrogen (secondary N) is 1. The van der Waals surface area contributed by atoms with Gasteiger partial charge in [0.25, 0.3) is 5.91 Å². The molecule has 20 heavy (non-hydrogen) atoms. The number of rotatable bonds is 2. The highest BCUT2D eigenvalue weighted by Crippen LogP contribution is 2.22. The van der Waals surface area contributed by atoms with Crippen molar-refractivity contribution in [3.8, 4) is 6.07 Å². The fraction of sp³-hybridized carbons (Fsp3) is 0. The SMILES string of the molecule is N#Cc1cc(Br)ccc1NC(=O)c1cc(Cl)ccc1F. The van der Waals surface area contributed by atoms with Gasteiger partial charge in [-0.05, 0) is 36.4 Å². The molecule has 3 nitrogen and oxygen atoms in total. The molecule has 0 unspecified atom stereocenters. The molecule has 0 radical (unpaired) electrons. The van der Waals surface area contributed by atoms with Crippen molar-refractivity contribution >= 4 is 39.1 Å². The number of benzene rings is 2. The van der Waals surface area contributed by atoms with Crippen molar-refractivity contribution in [1.29, 1.82) is 5.26 Å². The molecule has 1 amide bonds. The largest absolute Gasteiger partial charge is 0.321 e. The minimum atomic E-state index is -0.678. The van der Waals surface area contributed by atoms with Gasteiger partial charge in [-0.3, -0.25) is 4.79 Å². The van der Waals surface area contributed by atoms with Gasteiger partial charge in [-0.1, -0.05) is 27.5 Å². The number of halogens is 3. The zero-order chi connectivity index (χ0) is 14.7. The Balaban J connectivity index is 2.33. The van der Waals surface area contributed by atoms with Gasteiger partial charge in [0.1, 0.15) is 11.9 Å². The maximum Gasteiger partial charge on any atom is 0.258 e. The molecule has 2 rings (SSSR count). The Kier molecular flexibility index (Phi) is 4.38. The lowest BCUT2D eigenvalue weighted by Gasteiger charge is -2.08. The molecule has 2 aromatic carbocycles. The maximum atomic E-state index is 13.6. The number of carbonyl (C=O) groups is 1. The molecular formula is C14H7BrClFN2O. The topological polar surface area (TPSA) is 52.9 Å². The molecule has 0 heterocycles. The Morgan fingerprint density at radius 2 is 2.05 bits per heavy atom. The first kappa shape index (κ1) is 14.5. The monoisotopic (exact) mass is 352 g/mol. The van der Waals surface area contributed by atoms with Gasteiger partial charge >= 0.3 is 0 Å². The molecular weight excluding hydrogens is 347 g/mol. The van der Waals surface area contributed by atoms with Crippen LogP contribution in [0.25, 0.3) is 0 Å². The normalized spacial score (nSPS) is 9.90. The summed E-state index contributed by atoms with van der Waals surface area (Å²) in [7, 11) is 0. The molecule has 1 N–H and O–H groups in total. The van der Waals surface area contributed by atoms with Crippen LogP contribution in [0.1, 0.15) is 15.9 Å². The van der Waals surface area contributed by atoms with E-state index in [-0.39, 0.29) is 16.1 Å². The Morgan fingerprint density at radius 1 is 1.30 bits per heavy atom. The summed E-state index contributed by atoms with van der Waals surface area (Å²) in [5.74, 6) is -1.34. The van der Waals surface area contributed by atoms with E-state index in [4.69, 9.17) is 16.9 Å². The average Bonchev–Trinajstić information content (AvgIpc) is 2.43. The van der Waals surface area contributed by atoms with Gasteiger partial charge in [0.15, 0.2) is 0 Å². The molecule has 6 heteroatoms. The molecule has 2 aromatic rings. The number of carbonyl (C=O) groups excluding carboxylic acids is 1. The summed E-state index contributed by atoms with van der Waals surface area (Å²) in [4.78, 5) is 12.0. The smallest absolute Gasteiger partial charge is 0.258 e. The van der Waals surface area contributed by atoms with Gasteiger partial charge in [-0.2, -0.15) is 5.26 Å². The number of hydrogen-bond acceptors (Lipinski definition) is 2. The van der Waals surface area contributed by atoms with Gasteiger partial charge in [-0.25, -0.2) is 4.39 Å². The van der Waals surface area contributed by atoms with Crippen LogP contribution < -0.4 is 5.32 Å². The molecule has 0 aliphatic carbocycles. The van der Waals surface area contributed by atoms with Crippen molar-refractivity contribution in [3.05, 3.63) is 62.8 Å². The predicted molar refractivity (Wildman–Crippen MR) is 78.2 cm³/mol. The second kappa shape index (κ2) is 6.04. The van der Waals surface area contributed by atoms with Crippen LogP contribution in [0.3, 0.4) is 0 Å². The molecule has 0 aromatic heterocycles. The minimum absolute atomic E-state index is 0.177. The maximum absolute atomic E-state index is 13.6. The first-order valence-corrected chi connectivity index (χ1v) is 6.64. The molecule has 0 fully saturated rings. The Hall–Kier alpha value is -1.90. The Labute approximate surface area is 128 Å². The molecule has 100 valence electrons. The lowest BCUT2D eigenvalue weighted by atomic mass is 10.1. The molecule has 0 atom stereocenters. The van der Waals surface area contributed by atoms with Crippen LogP contribution in [0.5, 0.6) is 0 Å². The van der Waals surface area contributed by atoms with Crippen LogP contribution in [0.15, 0.2) is 40.9 Å². The predicted octanol–water partition coefficient (Wildman–Crippen LogP) is 4.37. The summed E-state index contributed by atoms with van der Waals surface area (Å²) in [5.41, 5.74) is 0.402. The summed E-state index contributed by atoms with van der Waals surface area (Å²) in [5, 5.41) is 11.8. The van der Waals surface area contributed by atoms with E-state index in [2.05, 4.69) is 21.2 Å². The fourth-order valence-electron chi connectivity index (χ4n) is 1.58.